The summed E-state index contributed by atoms with van der Waals surface area (Å²) < 4.78 is 0. The summed E-state index contributed by atoms with van der Waals surface area (Å²) in [6, 6.07) is 0. The third-order valence-corrected chi connectivity index (χ3v) is 9.62. The summed E-state index contributed by atoms with van der Waals surface area (Å²) in [5.41, 5.74) is 2.53. The number of allylic oxidation sites excluding steroid dienone is 1. The van der Waals surface area contributed by atoms with E-state index in [0.29, 0.717) is 10.8 Å². The van der Waals surface area contributed by atoms with Crippen molar-refractivity contribution >= 4 is 0 Å². The van der Waals surface area contributed by atoms with Gasteiger partial charge in [0.15, 0.2) is 0 Å². The van der Waals surface area contributed by atoms with E-state index >= 15 is 0 Å². The summed E-state index contributed by atoms with van der Waals surface area (Å²) in [7, 11) is 0. The largest absolute Gasteiger partial charge is 0.392 e. The molecule has 136 valence electrons. The summed E-state index contributed by atoms with van der Waals surface area (Å²) in [5, 5.41) is 10.6. The molecule has 1 heteroatoms. The van der Waals surface area contributed by atoms with Crippen molar-refractivity contribution in [2.24, 2.45) is 39.9 Å². The first kappa shape index (κ1) is 17.1. The molecule has 0 aromatic heterocycles. The SMILES string of the molecule is CC[C@H]1CCC2C3CC=C4C(C)(C)[C@@H](O)CC[C@]4(C)C3CC[C@@]21C. The molecule has 0 aromatic carbocycles. The van der Waals surface area contributed by atoms with Crippen LogP contribution >= 0.6 is 0 Å². The van der Waals surface area contributed by atoms with Crippen LogP contribution in [0.1, 0.15) is 86.0 Å². The summed E-state index contributed by atoms with van der Waals surface area (Å²) >= 11 is 0. The van der Waals surface area contributed by atoms with Crippen LogP contribution in [0.25, 0.3) is 0 Å². The van der Waals surface area contributed by atoms with Crippen LogP contribution in [0.4, 0.5) is 0 Å². The zero-order chi connectivity index (χ0) is 17.3. The van der Waals surface area contributed by atoms with Crippen LogP contribution < -0.4 is 0 Å². The first-order valence-corrected chi connectivity index (χ1v) is 10.6. The molecular formula is C23H38O. The average Bonchev–Trinajstić information content (AvgIpc) is 2.88. The van der Waals surface area contributed by atoms with E-state index < -0.39 is 0 Å². The molecule has 4 rings (SSSR count). The smallest absolute Gasteiger partial charge is 0.0628 e. The van der Waals surface area contributed by atoms with E-state index in [0.717, 1.165) is 30.1 Å². The Morgan fingerprint density at radius 2 is 1.75 bits per heavy atom. The number of rotatable bonds is 1. The molecule has 0 aliphatic heterocycles. The van der Waals surface area contributed by atoms with E-state index in [-0.39, 0.29) is 11.5 Å². The zero-order valence-electron chi connectivity index (χ0n) is 16.6. The van der Waals surface area contributed by atoms with Gasteiger partial charge in [0, 0.05) is 5.41 Å². The van der Waals surface area contributed by atoms with Crippen molar-refractivity contribution < 1.29 is 5.11 Å². The molecule has 0 amide bonds. The average molecular weight is 331 g/mol. The van der Waals surface area contributed by atoms with Gasteiger partial charge in [-0.3, -0.25) is 0 Å². The van der Waals surface area contributed by atoms with Gasteiger partial charge < -0.3 is 5.11 Å². The van der Waals surface area contributed by atoms with Crippen molar-refractivity contribution in [2.45, 2.75) is 92.1 Å². The second-order valence-electron chi connectivity index (χ2n) is 10.7. The quantitative estimate of drug-likeness (QED) is 0.587. The summed E-state index contributed by atoms with van der Waals surface area (Å²) in [4.78, 5) is 0. The first-order valence-electron chi connectivity index (χ1n) is 10.6. The minimum atomic E-state index is -0.154. The van der Waals surface area contributed by atoms with Crippen LogP contribution in [-0.2, 0) is 0 Å². The lowest BCUT2D eigenvalue weighted by Crippen LogP contribution is -2.54. The monoisotopic (exact) mass is 330 g/mol. The molecular weight excluding hydrogens is 292 g/mol. The Balaban J connectivity index is 1.71. The van der Waals surface area contributed by atoms with Gasteiger partial charge in [0.2, 0.25) is 0 Å². The third-order valence-electron chi connectivity index (χ3n) is 9.62. The van der Waals surface area contributed by atoms with Gasteiger partial charge in [0.05, 0.1) is 6.10 Å². The summed E-state index contributed by atoms with van der Waals surface area (Å²) in [6.07, 6.45) is 13.1. The number of hydrogen-bond acceptors (Lipinski definition) is 1. The van der Waals surface area contributed by atoms with Crippen molar-refractivity contribution in [1.82, 2.24) is 0 Å². The highest BCUT2D eigenvalue weighted by atomic mass is 16.3. The molecule has 1 N–H and O–H groups in total. The van der Waals surface area contributed by atoms with Crippen molar-refractivity contribution in [3.63, 3.8) is 0 Å². The molecule has 4 aliphatic rings. The predicted octanol–water partition coefficient (Wildman–Crippen LogP) is 5.97. The maximum Gasteiger partial charge on any atom is 0.0628 e. The fourth-order valence-electron chi connectivity index (χ4n) is 8.17. The van der Waals surface area contributed by atoms with Gasteiger partial charge in [0.1, 0.15) is 0 Å². The van der Waals surface area contributed by atoms with Crippen LogP contribution in [0, 0.1) is 39.9 Å². The lowest BCUT2D eigenvalue weighted by atomic mass is 9.44. The minimum Gasteiger partial charge on any atom is -0.392 e. The Morgan fingerprint density at radius 3 is 2.46 bits per heavy atom. The highest BCUT2D eigenvalue weighted by Gasteiger charge is 2.60. The van der Waals surface area contributed by atoms with Gasteiger partial charge >= 0.3 is 0 Å². The van der Waals surface area contributed by atoms with Crippen LogP contribution in [0.3, 0.4) is 0 Å². The van der Waals surface area contributed by atoms with E-state index in [2.05, 4.69) is 40.7 Å². The third kappa shape index (κ3) is 2.03. The first-order chi connectivity index (χ1) is 11.2. The molecule has 3 unspecified atom stereocenters. The highest BCUT2D eigenvalue weighted by Crippen LogP contribution is 2.68. The van der Waals surface area contributed by atoms with Gasteiger partial charge in [-0.1, -0.05) is 52.7 Å². The van der Waals surface area contributed by atoms with Crippen LogP contribution in [0.5, 0.6) is 0 Å². The zero-order valence-corrected chi connectivity index (χ0v) is 16.6. The Kier molecular flexibility index (Phi) is 3.82. The number of aliphatic hydroxyl groups is 1. The van der Waals surface area contributed by atoms with E-state index in [1.54, 1.807) is 5.57 Å². The lowest BCUT2D eigenvalue weighted by Gasteiger charge is -2.61. The van der Waals surface area contributed by atoms with Gasteiger partial charge in [-0.2, -0.15) is 0 Å². The fourth-order valence-corrected chi connectivity index (χ4v) is 8.17. The molecule has 1 nitrogen and oxygen atoms in total. The number of fused-ring (bicyclic) bond motifs is 5. The van der Waals surface area contributed by atoms with Crippen LogP contribution in [0.15, 0.2) is 11.6 Å². The molecule has 0 heterocycles. The van der Waals surface area contributed by atoms with Gasteiger partial charge in [-0.05, 0) is 79.4 Å². The summed E-state index contributed by atoms with van der Waals surface area (Å²) in [5.74, 6) is 3.68. The van der Waals surface area contributed by atoms with Crippen molar-refractivity contribution in [1.29, 1.82) is 0 Å². The molecule has 0 saturated heterocycles. The Bertz CT molecular complexity index is 546. The standard InChI is InChI=1S/C23H38O/c1-6-15-7-9-17-16-8-10-19-21(2,3)20(24)12-14-23(19,5)18(16)11-13-22(15,17)4/h10,15-18,20,24H,6-9,11-14H2,1-5H3/t15-,16?,17?,18?,20-,22+,23+/m0/s1. The predicted molar refractivity (Wildman–Crippen MR) is 101 cm³/mol. The van der Waals surface area contributed by atoms with Crippen LogP contribution in [-0.4, -0.2) is 11.2 Å². The Hall–Kier alpha value is -0.300. The van der Waals surface area contributed by atoms with Crippen molar-refractivity contribution in [2.75, 3.05) is 0 Å². The van der Waals surface area contributed by atoms with E-state index in [1.807, 2.05) is 0 Å². The molecule has 0 spiro atoms. The Morgan fingerprint density at radius 1 is 1.00 bits per heavy atom. The van der Waals surface area contributed by atoms with E-state index in [4.69, 9.17) is 0 Å². The molecule has 0 bridgehead atoms. The Labute approximate surface area is 149 Å². The highest BCUT2D eigenvalue weighted by molar-refractivity contribution is 5.31. The van der Waals surface area contributed by atoms with Crippen LogP contribution in [0.2, 0.25) is 0 Å². The summed E-state index contributed by atoms with van der Waals surface area (Å²) in [6.45, 7) is 12.2. The molecule has 3 fully saturated rings. The molecule has 4 aliphatic carbocycles. The fraction of sp³-hybridized carbons (Fsp3) is 0.913. The second-order valence-corrected chi connectivity index (χ2v) is 10.7. The normalized spacial score (nSPS) is 52.9. The maximum atomic E-state index is 10.6. The van der Waals surface area contributed by atoms with Gasteiger partial charge in [-0.25, -0.2) is 0 Å². The van der Waals surface area contributed by atoms with E-state index in [9.17, 15) is 5.11 Å². The lowest BCUT2D eigenvalue weighted by molar-refractivity contribution is -0.0737. The molecule has 7 atom stereocenters. The van der Waals surface area contributed by atoms with Crippen molar-refractivity contribution in [3.8, 4) is 0 Å². The molecule has 0 radical (unpaired) electrons. The van der Waals surface area contributed by atoms with Crippen molar-refractivity contribution in [3.05, 3.63) is 11.6 Å². The topological polar surface area (TPSA) is 20.2 Å². The maximum absolute atomic E-state index is 10.6. The second kappa shape index (κ2) is 5.35. The number of aliphatic hydroxyl groups excluding tert-OH is 1. The van der Waals surface area contributed by atoms with E-state index in [1.165, 1.54) is 44.9 Å². The minimum absolute atomic E-state index is 0.0274. The molecule has 0 aromatic rings. The van der Waals surface area contributed by atoms with Gasteiger partial charge in [-0.15, -0.1) is 0 Å². The molecule has 3 saturated carbocycles. The number of hydrogen-bond donors (Lipinski definition) is 1. The van der Waals surface area contributed by atoms with Gasteiger partial charge in [0.25, 0.3) is 0 Å². The molecule has 24 heavy (non-hydrogen) atoms.